The molecular formula is C19H20N4O6S2. The van der Waals surface area contributed by atoms with Crippen molar-refractivity contribution in [2.75, 3.05) is 28.5 Å². The number of sulfonamides is 1. The lowest BCUT2D eigenvalue weighted by molar-refractivity contribution is 0.417. The molecule has 0 fully saturated rings. The molecule has 1 heterocycles. The second-order valence-corrected chi connectivity index (χ2v) is 10.8. The van der Waals surface area contributed by atoms with Gasteiger partial charge in [-0.2, -0.15) is 0 Å². The van der Waals surface area contributed by atoms with Crippen molar-refractivity contribution in [3.05, 3.63) is 54.7 Å². The van der Waals surface area contributed by atoms with Crippen molar-refractivity contribution in [3.63, 3.8) is 0 Å². The molecule has 164 valence electrons. The SMILES string of the molecule is COc1cc(-c2ccnc(Nc3cccc(O)c3)n2)ccc1NS(=O)(=O)CS(C)(=O)=O. The summed E-state index contributed by atoms with van der Waals surface area (Å²) < 4.78 is 54.3. The number of phenols is 1. The predicted molar refractivity (Wildman–Crippen MR) is 118 cm³/mol. The average Bonchev–Trinajstić information content (AvgIpc) is 2.66. The van der Waals surface area contributed by atoms with Crippen LogP contribution in [0.2, 0.25) is 0 Å². The molecule has 0 unspecified atom stereocenters. The molecule has 12 heteroatoms. The lowest BCUT2D eigenvalue weighted by Crippen LogP contribution is -2.22. The standard InChI is InChI=1S/C19H20N4O6S2/c1-29-18-10-13(6-7-17(18)23-31(27,28)12-30(2,25)26)16-8-9-20-19(22-16)21-14-4-3-5-15(24)11-14/h3-11,23-24H,12H2,1-2H3,(H,20,21,22). The van der Waals surface area contributed by atoms with Gasteiger partial charge in [0.1, 0.15) is 11.5 Å². The molecule has 0 aliphatic carbocycles. The van der Waals surface area contributed by atoms with Gasteiger partial charge in [-0.1, -0.05) is 12.1 Å². The molecule has 0 saturated heterocycles. The number of nitrogens with one attached hydrogen (secondary N) is 2. The smallest absolute Gasteiger partial charge is 0.247 e. The van der Waals surface area contributed by atoms with Gasteiger partial charge < -0.3 is 15.2 Å². The minimum Gasteiger partial charge on any atom is -0.508 e. The summed E-state index contributed by atoms with van der Waals surface area (Å²) in [7, 11) is -6.49. The minimum absolute atomic E-state index is 0.0970. The second-order valence-electron chi connectivity index (χ2n) is 6.62. The highest BCUT2D eigenvalue weighted by Gasteiger charge is 2.20. The van der Waals surface area contributed by atoms with E-state index in [-0.39, 0.29) is 17.2 Å². The molecule has 0 radical (unpaired) electrons. The van der Waals surface area contributed by atoms with Gasteiger partial charge in [0.2, 0.25) is 16.0 Å². The van der Waals surface area contributed by atoms with Crippen LogP contribution in [0.25, 0.3) is 11.3 Å². The second kappa shape index (κ2) is 8.78. The average molecular weight is 465 g/mol. The highest BCUT2D eigenvalue weighted by molar-refractivity contribution is 8.08. The molecule has 0 spiro atoms. The summed E-state index contributed by atoms with van der Waals surface area (Å²) >= 11 is 0. The summed E-state index contributed by atoms with van der Waals surface area (Å²) in [6.07, 6.45) is 2.38. The Morgan fingerprint density at radius 2 is 1.84 bits per heavy atom. The van der Waals surface area contributed by atoms with E-state index in [1.165, 1.54) is 19.2 Å². The van der Waals surface area contributed by atoms with Crippen molar-refractivity contribution in [1.29, 1.82) is 0 Å². The first kappa shape index (κ1) is 22.3. The molecule has 0 aliphatic heterocycles. The first-order valence-corrected chi connectivity index (χ1v) is 12.5. The Morgan fingerprint density at radius 1 is 1.06 bits per heavy atom. The van der Waals surface area contributed by atoms with E-state index in [1.807, 2.05) is 0 Å². The van der Waals surface area contributed by atoms with Gasteiger partial charge >= 0.3 is 0 Å². The zero-order valence-electron chi connectivity index (χ0n) is 16.6. The van der Waals surface area contributed by atoms with E-state index in [2.05, 4.69) is 20.0 Å². The van der Waals surface area contributed by atoms with Crippen molar-refractivity contribution >= 4 is 37.2 Å². The summed E-state index contributed by atoms with van der Waals surface area (Å²) in [6.45, 7) is 0. The van der Waals surface area contributed by atoms with Gasteiger partial charge in [0.25, 0.3) is 0 Å². The van der Waals surface area contributed by atoms with Crippen LogP contribution in [0.1, 0.15) is 0 Å². The van der Waals surface area contributed by atoms with E-state index < -0.39 is 24.9 Å². The molecule has 0 amide bonds. The zero-order valence-corrected chi connectivity index (χ0v) is 18.2. The Morgan fingerprint density at radius 3 is 2.52 bits per heavy atom. The molecule has 0 aliphatic rings. The van der Waals surface area contributed by atoms with Crippen LogP contribution in [0.15, 0.2) is 54.7 Å². The summed E-state index contributed by atoms with van der Waals surface area (Å²) in [5.74, 6) is 0.579. The fourth-order valence-electron chi connectivity index (χ4n) is 2.71. The summed E-state index contributed by atoms with van der Waals surface area (Å²) in [4.78, 5) is 8.57. The third-order valence-electron chi connectivity index (χ3n) is 3.89. The Hall–Kier alpha value is -3.38. The number of hydrogen-bond acceptors (Lipinski definition) is 9. The summed E-state index contributed by atoms with van der Waals surface area (Å²) in [5, 5.41) is 11.5. The quantitative estimate of drug-likeness (QED) is 0.457. The van der Waals surface area contributed by atoms with Crippen LogP contribution in [-0.4, -0.2) is 50.4 Å². The molecule has 10 nitrogen and oxygen atoms in total. The summed E-state index contributed by atoms with van der Waals surface area (Å²) in [6, 6.07) is 12.8. The minimum atomic E-state index is -4.12. The number of benzene rings is 2. The topological polar surface area (TPSA) is 148 Å². The molecule has 3 aromatic rings. The number of anilines is 3. The van der Waals surface area contributed by atoms with Gasteiger partial charge in [0, 0.05) is 29.8 Å². The number of sulfone groups is 1. The van der Waals surface area contributed by atoms with Gasteiger partial charge in [-0.05, 0) is 30.3 Å². The summed E-state index contributed by atoms with van der Waals surface area (Å²) in [5.41, 5.74) is 1.85. The zero-order chi connectivity index (χ0) is 22.6. The van der Waals surface area contributed by atoms with E-state index in [0.29, 0.717) is 22.9 Å². The van der Waals surface area contributed by atoms with Crippen molar-refractivity contribution in [3.8, 4) is 22.8 Å². The molecular weight excluding hydrogens is 444 g/mol. The van der Waals surface area contributed by atoms with Crippen LogP contribution < -0.4 is 14.8 Å². The van der Waals surface area contributed by atoms with Crippen LogP contribution in [0, 0.1) is 0 Å². The Labute approximate surface area is 179 Å². The van der Waals surface area contributed by atoms with Crippen LogP contribution in [0.4, 0.5) is 17.3 Å². The van der Waals surface area contributed by atoms with E-state index in [1.54, 1.807) is 42.6 Å². The maximum atomic E-state index is 12.1. The van der Waals surface area contributed by atoms with Crippen LogP contribution >= 0.6 is 0 Å². The Kier molecular flexibility index (Phi) is 6.32. The Balaban J connectivity index is 1.87. The normalized spacial score (nSPS) is 11.7. The number of aromatic hydroxyl groups is 1. The lowest BCUT2D eigenvalue weighted by Gasteiger charge is -2.13. The fourth-order valence-corrected chi connectivity index (χ4v) is 5.70. The number of nitrogens with zero attached hydrogens (tertiary/aromatic N) is 2. The van der Waals surface area contributed by atoms with Crippen molar-refractivity contribution in [2.45, 2.75) is 0 Å². The van der Waals surface area contributed by atoms with Crippen molar-refractivity contribution in [1.82, 2.24) is 9.97 Å². The number of phenolic OH excluding ortho intramolecular Hbond substituents is 1. The molecule has 31 heavy (non-hydrogen) atoms. The van der Waals surface area contributed by atoms with Crippen LogP contribution in [-0.2, 0) is 19.9 Å². The van der Waals surface area contributed by atoms with E-state index in [9.17, 15) is 21.9 Å². The van der Waals surface area contributed by atoms with Crippen LogP contribution in [0.5, 0.6) is 11.5 Å². The molecule has 2 aromatic carbocycles. The molecule has 0 atom stereocenters. The highest BCUT2D eigenvalue weighted by Crippen LogP contribution is 2.31. The fraction of sp³-hybridized carbons (Fsp3) is 0.158. The van der Waals surface area contributed by atoms with Gasteiger partial charge in [0.15, 0.2) is 14.9 Å². The number of rotatable bonds is 8. The number of methoxy groups -OCH3 is 1. The Bertz CT molecular complexity index is 1310. The third-order valence-corrected chi connectivity index (χ3v) is 7.37. The van der Waals surface area contributed by atoms with Crippen LogP contribution in [0.3, 0.4) is 0 Å². The van der Waals surface area contributed by atoms with Gasteiger partial charge in [-0.3, -0.25) is 4.72 Å². The maximum Gasteiger partial charge on any atom is 0.247 e. The lowest BCUT2D eigenvalue weighted by atomic mass is 10.1. The molecule has 3 N–H and O–H groups in total. The molecule has 1 aromatic heterocycles. The molecule has 0 bridgehead atoms. The van der Waals surface area contributed by atoms with Gasteiger partial charge in [0.05, 0.1) is 18.5 Å². The monoisotopic (exact) mass is 464 g/mol. The van der Waals surface area contributed by atoms with Crippen molar-refractivity contribution < 1.29 is 26.7 Å². The van der Waals surface area contributed by atoms with Gasteiger partial charge in [-0.15, -0.1) is 0 Å². The third kappa shape index (κ3) is 6.30. The van der Waals surface area contributed by atoms with E-state index in [4.69, 9.17) is 4.74 Å². The largest absolute Gasteiger partial charge is 0.508 e. The molecule has 3 rings (SSSR count). The number of ether oxygens (including phenoxy) is 1. The maximum absolute atomic E-state index is 12.1. The van der Waals surface area contributed by atoms with E-state index >= 15 is 0 Å². The van der Waals surface area contributed by atoms with E-state index in [0.717, 1.165) is 6.26 Å². The first-order chi connectivity index (χ1) is 14.5. The van der Waals surface area contributed by atoms with Gasteiger partial charge in [-0.25, -0.2) is 26.8 Å². The highest BCUT2D eigenvalue weighted by atomic mass is 32.3. The number of aromatic nitrogens is 2. The number of hydrogen-bond donors (Lipinski definition) is 3. The predicted octanol–water partition coefficient (Wildman–Crippen LogP) is 2.35. The van der Waals surface area contributed by atoms with Crippen molar-refractivity contribution in [2.24, 2.45) is 0 Å². The first-order valence-electron chi connectivity index (χ1n) is 8.80. The molecule has 0 saturated carbocycles.